The van der Waals surface area contributed by atoms with Crippen LogP contribution in [0.3, 0.4) is 0 Å². The maximum atomic E-state index is 13.1. The Hall–Kier alpha value is -2.17. The molecule has 0 unspecified atom stereocenters. The molecule has 5 heteroatoms. The second-order valence-electron chi connectivity index (χ2n) is 4.55. The molecule has 1 amide bonds. The molecule has 1 aromatic heterocycles. The molecule has 0 fully saturated rings. The third-order valence-electron chi connectivity index (χ3n) is 3.16. The summed E-state index contributed by atoms with van der Waals surface area (Å²) in [6.07, 6.45) is 1.74. The van der Waals surface area contributed by atoms with E-state index in [1.807, 2.05) is 14.0 Å². The van der Waals surface area contributed by atoms with Gasteiger partial charge in [-0.05, 0) is 25.1 Å². The summed E-state index contributed by atoms with van der Waals surface area (Å²) in [5.41, 5.74) is 2.35. The molecule has 2 rings (SSSR count). The molecule has 0 radical (unpaired) electrons. The number of aromatic nitrogens is 2. The maximum Gasteiger partial charge on any atom is 0.254 e. The van der Waals surface area contributed by atoms with E-state index in [4.69, 9.17) is 0 Å². The lowest BCUT2D eigenvalue weighted by Crippen LogP contribution is -2.26. The fourth-order valence-electron chi connectivity index (χ4n) is 1.87. The fraction of sp³-hybridized carbons (Fsp3) is 0.286. The van der Waals surface area contributed by atoms with Crippen molar-refractivity contribution in [3.8, 4) is 0 Å². The summed E-state index contributed by atoms with van der Waals surface area (Å²) >= 11 is 0. The number of benzene rings is 1. The molecular formula is C14H16FN3O. The van der Waals surface area contributed by atoms with Gasteiger partial charge in [-0.1, -0.05) is 6.07 Å². The number of hydrogen-bond acceptors (Lipinski definition) is 2. The second kappa shape index (κ2) is 5.22. The first-order valence-corrected chi connectivity index (χ1v) is 5.97. The second-order valence-corrected chi connectivity index (χ2v) is 4.55. The van der Waals surface area contributed by atoms with E-state index in [1.54, 1.807) is 28.9 Å². The van der Waals surface area contributed by atoms with Gasteiger partial charge in [0, 0.05) is 37.5 Å². The van der Waals surface area contributed by atoms with Crippen molar-refractivity contribution in [2.75, 3.05) is 7.05 Å². The highest BCUT2D eigenvalue weighted by Gasteiger charge is 2.14. The Bertz CT molecular complexity index is 606. The lowest BCUT2D eigenvalue weighted by Gasteiger charge is -2.17. The van der Waals surface area contributed by atoms with Crippen molar-refractivity contribution >= 4 is 5.91 Å². The highest BCUT2D eigenvalue weighted by Crippen LogP contribution is 2.12. The number of amides is 1. The third kappa shape index (κ3) is 2.81. The summed E-state index contributed by atoms with van der Waals surface area (Å²) in [6.45, 7) is 2.40. The zero-order valence-electron chi connectivity index (χ0n) is 11.2. The quantitative estimate of drug-likeness (QED) is 0.849. The van der Waals surface area contributed by atoms with Crippen molar-refractivity contribution < 1.29 is 9.18 Å². The Morgan fingerprint density at radius 3 is 2.79 bits per heavy atom. The van der Waals surface area contributed by atoms with Gasteiger partial charge in [0.1, 0.15) is 5.82 Å². The zero-order chi connectivity index (χ0) is 14.0. The molecule has 1 aromatic carbocycles. The van der Waals surface area contributed by atoms with E-state index in [0.717, 1.165) is 11.3 Å². The minimum Gasteiger partial charge on any atom is -0.337 e. The van der Waals surface area contributed by atoms with Crippen LogP contribution in [0.5, 0.6) is 0 Å². The van der Waals surface area contributed by atoms with Crippen LogP contribution in [0.4, 0.5) is 4.39 Å². The minimum atomic E-state index is -0.406. The van der Waals surface area contributed by atoms with Crippen LogP contribution in [-0.4, -0.2) is 27.6 Å². The Morgan fingerprint density at radius 1 is 1.47 bits per heavy atom. The first kappa shape index (κ1) is 13.3. The highest BCUT2D eigenvalue weighted by molar-refractivity contribution is 5.94. The number of carbonyl (C=O) groups is 1. The molecule has 0 aliphatic rings. The van der Waals surface area contributed by atoms with Gasteiger partial charge in [-0.3, -0.25) is 9.48 Å². The smallest absolute Gasteiger partial charge is 0.254 e. The first-order valence-electron chi connectivity index (χ1n) is 5.97. The Morgan fingerprint density at radius 2 is 2.21 bits per heavy atom. The van der Waals surface area contributed by atoms with E-state index in [2.05, 4.69) is 5.10 Å². The lowest BCUT2D eigenvalue weighted by molar-refractivity contribution is 0.0784. The normalized spacial score (nSPS) is 10.5. The summed E-state index contributed by atoms with van der Waals surface area (Å²) < 4.78 is 14.9. The summed E-state index contributed by atoms with van der Waals surface area (Å²) in [5, 5.41) is 4.13. The van der Waals surface area contributed by atoms with Crippen molar-refractivity contribution in [1.29, 1.82) is 0 Å². The van der Waals surface area contributed by atoms with Crippen LogP contribution in [0.1, 0.15) is 21.6 Å². The molecule has 0 bridgehead atoms. The van der Waals surface area contributed by atoms with Crippen LogP contribution in [-0.2, 0) is 13.6 Å². The van der Waals surface area contributed by atoms with Crippen molar-refractivity contribution in [3.05, 3.63) is 53.1 Å². The SMILES string of the molecule is Cc1c(CN(C)C(=O)c2cccc(F)c2)cnn1C. The Kier molecular flexibility index (Phi) is 3.64. The maximum absolute atomic E-state index is 13.1. The molecular weight excluding hydrogens is 245 g/mol. The van der Waals surface area contributed by atoms with E-state index in [9.17, 15) is 9.18 Å². The number of carbonyl (C=O) groups excluding carboxylic acids is 1. The molecule has 0 saturated carbocycles. The molecule has 0 spiro atoms. The van der Waals surface area contributed by atoms with Crippen LogP contribution in [0.2, 0.25) is 0 Å². The van der Waals surface area contributed by atoms with Crippen molar-refractivity contribution in [1.82, 2.24) is 14.7 Å². The number of aryl methyl sites for hydroxylation is 1. The highest BCUT2D eigenvalue weighted by atomic mass is 19.1. The van der Waals surface area contributed by atoms with Gasteiger partial charge in [0.2, 0.25) is 0 Å². The predicted octanol–water partition coefficient (Wildman–Crippen LogP) is 2.14. The number of hydrogen-bond donors (Lipinski definition) is 0. The van der Waals surface area contributed by atoms with Crippen molar-refractivity contribution in [2.24, 2.45) is 7.05 Å². The Balaban J connectivity index is 2.14. The van der Waals surface area contributed by atoms with E-state index in [1.165, 1.54) is 18.2 Å². The number of rotatable bonds is 3. The van der Waals surface area contributed by atoms with Crippen LogP contribution >= 0.6 is 0 Å². The van der Waals surface area contributed by atoms with Crippen LogP contribution < -0.4 is 0 Å². The average molecular weight is 261 g/mol. The first-order chi connectivity index (χ1) is 8.99. The van der Waals surface area contributed by atoms with E-state index < -0.39 is 5.82 Å². The van der Waals surface area contributed by atoms with Gasteiger partial charge in [0.25, 0.3) is 5.91 Å². The fourth-order valence-corrected chi connectivity index (χ4v) is 1.87. The van der Waals surface area contributed by atoms with Crippen molar-refractivity contribution in [3.63, 3.8) is 0 Å². The molecule has 0 saturated heterocycles. The summed E-state index contributed by atoms with van der Waals surface area (Å²) in [5.74, 6) is -0.612. The molecule has 2 aromatic rings. The standard InChI is InChI=1S/C14H16FN3O/c1-10-12(8-16-18(10)3)9-17(2)14(19)11-5-4-6-13(15)7-11/h4-8H,9H2,1-3H3. The van der Waals surface area contributed by atoms with Gasteiger partial charge in [-0.2, -0.15) is 5.10 Å². The van der Waals surface area contributed by atoms with E-state index in [-0.39, 0.29) is 5.91 Å². The zero-order valence-corrected chi connectivity index (χ0v) is 11.2. The summed E-state index contributed by atoms with van der Waals surface area (Å²) in [6, 6.07) is 5.71. The minimum absolute atomic E-state index is 0.206. The topological polar surface area (TPSA) is 38.1 Å². The lowest BCUT2D eigenvalue weighted by atomic mass is 10.2. The van der Waals surface area contributed by atoms with Gasteiger partial charge in [-0.15, -0.1) is 0 Å². The molecule has 19 heavy (non-hydrogen) atoms. The van der Waals surface area contributed by atoms with Crippen molar-refractivity contribution in [2.45, 2.75) is 13.5 Å². The van der Waals surface area contributed by atoms with Gasteiger partial charge in [-0.25, -0.2) is 4.39 Å². The van der Waals surface area contributed by atoms with Crippen LogP contribution in [0, 0.1) is 12.7 Å². The molecule has 0 atom stereocenters. The van der Waals surface area contributed by atoms with Gasteiger partial charge < -0.3 is 4.90 Å². The largest absolute Gasteiger partial charge is 0.337 e. The molecule has 100 valence electrons. The van der Waals surface area contributed by atoms with E-state index in [0.29, 0.717) is 12.1 Å². The van der Waals surface area contributed by atoms with Crippen LogP contribution in [0.25, 0.3) is 0 Å². The number of halogens is 1. The van der Waals surface area contributed by atoms with Gasteiger partial charge in [0.15, 0.2) is 0 Å². The molecule has 0 N–H and O–H groups in total. The number of nitrogens with zero attached hydrogens (tertiary/aromatic N) is 3. The third-order valence-corrected chi connectivity index (χ3v) is 3.16. The van der Waals surface area contributed by atoms with E-state index >= 15 is 0 Å². The molecule has 1 heterocycles. The summed E-state index contributed by atoms with van der Waals surface area (Å²) in [4.78, 5) is 13.7. The predicted molar refractivity (Wildman–Crippen MR) is 70.1 cm³/mol. The molecule has 4 nitrogen and oxygen atoms in total. The molecule has 0 aliphatic heterocycles. The monoisotopic (exact) mass is 261 g/mol. The average Bonchev–Trinajstić information content (AvgIpc) is 2.70. The summed E-state index contributed by atoms with van der Waals surface area (Å²) in [7, 11) is 3.55. The molecule has 0 aliphatic carbocycles. The van der Waals surface area contributed by atoms with Gasteiger partial charge >= 0.3 is 0 Å². The Labute approximate surface area is 111 Å². The van der Waals surface area contributed by atoms with Gasteiger partial charge in [0.05, 0.1) is 6.20 Å². The van der Waals surface area contributed by atoms with Crippen LogP contribution in [0.15, 0.2) is 30.5 Å².